The molecule has 1 aromatic carbocycles. The van der Waals surface area contributed by atoms with Gasteiger partial charge in [-0.2, -0.15) is 0 Å². The van der Waals surface area contributed by atoms with Gasteiger partial charge in [0.05, 0.1) is 19.0 Å². The number of benzene rings is 1. The average molecular weight is 297 g/mol. The highest BCUT2D eigenvalue weighted by molar-refractivity contribution is 5.92. The Morgan fingerprint density at radius 3 is 2.77 bits per heavy atom. The second kappa shape index (κ2) is 6.47. The molecule has 0 unspecified atom stereocenters. The van der Waals surface area contributed by atoms with Crippen molar-refractivity contribution in [3.05, 3.63) is 53.9 Å². The normalized spacial score (nSPS) is 13.5. The van der Waals surface area contributed by atoms with Crippen molar-refractivity contribution in [2.75, 3.05) is 12.4 Å². The van der Waals surface area contributed by atoms with Gasteiger partial charge >= 0.3 is 0 Å². The Kier molecular flexibility index (Phi) is 4.23. The van der Waals surface area contributed by atoms with Crippen molar-refractivity contribution in [2.24, 2.45) is 0 Å². The number of para-hydroxylation sites is 1. The van der Waals surface area contributed by atoms with Crippen molar-refractivity contribution in [3.8, 4) is 5.75 Å². The lowest BCUT2D eigenvalue weighted by molar-refractivity contribution is 0.0946. The summed E-state index contributed by atoms with van der Waals surface area (Å²) in [4.78, 5) is 16.3. The van der Waals surface area contributed by atoms with Gasteiger partial charge in [0.15, 0.2) is 0 Å². The predicted octanol–water partition coefficient (Wildman–Crippen LogP) is 2.59. The van der Waals surface area contributed by atoms with Crippen LogP contribution in [0.15, 0.2) is 42.6 Å². The van der Waals surface area contributed by atoms with E-state index in [9.17, 15) is 4.79 Å². The van der Waals surface area contributed by atoms with Crippen LogP contribution in [0.2, 0.25) is 0 Å². The van der Waals surface area contributed by atoms with E-state index in [-0.39, 0.29) is 5.91 Å². The summed E-state index contributed by atoms with van der Waals surface area (Å²) in [7, 11) is 1.62. The van der Waals surface area contributed by atoms with E-state index in [1.54, 1.807) is 19.4 Å². The monoisotopic (exact) mass is 297 g/mol. The van der Waals surface area contributed by atoms with Crippen LogP contribution in [0, 0.1) is 0 Å². The highest BCUT2D eigenvalue weighted by Gasteiger charge is 2.20. The smallest absolute Gasteiger partial charge is 0.270 e. The quantitative estimate of drug-likeness (QED) is 0.860. The van der Waals surface area contributed by atoms with Gasteiger partial charge in [0, 0.05) is 18.2 Å². The Morgan fingerprint density at radius 2 is 2.09 bits per heavy atom. The van der Waals surface area contributed by atoms with Gasteiger partial charge in [-0.05, 0) is 31.0 Å². The van der Waals surface area contributed by atoms with Crippen LogP contribution in [-0.2, 0) is 6.54 Å². The number of hydrogen-bond acceptors (Lipinski definition) is 4. The first-order chi connectivity index (χ1) is 10.8. The fraction of sp³-hybridized carbons (Fsp3) is 0.294. The first-order valence-electron chi connectivity index (χ1n) is 7.39. The van der Waals surface area contributed by atoms with Crippen molar-refractivity contribution < 1.29 is 9.53 Å². The number of methoxy groups -OCH3 is 1. The zero-order chi connectivity index (χ0) is 15.4. The molecule has 1 saturated carbocycles. The Morgan fingerprint density at radius 1 is 1.27 bits per heavy atom. The SMILES string of the molecule is COc1ccccc1CNC(=O)c1ccc(NC2CC2)cn1. The summed E-state index contributed by atoms with van der Waals surface area (Å²) in [6, 6.07) is 11.8. The molecule has 22 heavy (non-hydrogen) atoms. The molecular weight excluding hydrogens is 278 g/mol. The van der Waals surface area contributed by atoms with Gasteiger partial charge in [0.25, 0.3) is 5.91 Å². The maximum Gasteiger partial charge on any atom is 0.270 e. The fourth-order valence-electron chi connectivity index (χ4n) is 2.19. The van der Waals surface area contributed by atoms with Crippen molar-refractivity contribution >= 4 is 11.6 Å². The lowest BCUT2D eigenvalue weighted by Crippen LogP contribution is -2.24. The number of anilines is 1. The molecule has 0 saturated heterocycles. The number of carbonyl (C=O) groups excluding carboxylic acids is 1. The van der Waals surface area contributed by atoms with Crippen LogP contribution in [0.3, 0.4) is 0 Å². The molecule has 1 aliphatic rings. The van der Waals surface area contributed by atoms with Crippen LogP contribution < -0.4 is 15.4 Å². The standard InChI is InChI=1S/C17H19N3O2/c1-22-16-5-3-2-4-12(16)10-19-17(21)15-9-8-14(11-18-15)20-13-6-7-13/h2-5,8-9,11,13,20H,6-7,10H2,1H3,(H,19,21). The number of nitrogens with one attached hydrogen (secondary N) is 2. The fourth-order valence-corrected chi connectivity index (χ4v) is 2.19. The van der Waals surface area contributed by atoms with E-state index < -0.39 is 0 Å². The Labute approximate surface area is 129 Å². The van der Waals surface area contributed by atoms with Crippen molar-refractivity contribution in [1.82, 2.24) is 10.3 Å². The van der Waals surface area contributed by atoms with E-state index in [0.717, 1.165) is 17.0 Å². The predicted molar refractivity (Wildman–Crippen MR) is 85.0 cm³/mol. The van der Waals surface area contributed by atoms with Crippen molar-refractivity contribution in [1.29, 1.82) is 0 Å². The molecule has 0 spiro atoms. The van der Waals surface area contributed by atoms with Gasteiger partial charge in [0.2, 0.25) is 0 Å². The number of carbonyl (C=O) groups is 1. The third kappa shape index (κ3) is 3.55. The number of amides is 1. The molecule has 1 aromatic heterocycles. The molecule has 2 aromatic rings. The summed E-state index contributed by atoms with van der Waals surface area (Å²) in [5.74, 6) is 0.573. The molecule has 1 fully saturated rings. The lowest BCUT2D eigenvalue weighted by Gasteiger charge is -2.09. The van der Waals surface area contributed by atoms with E-state index in [0.29, 0.717) is 18.3 Å². The minimum Gasteiger partial charge on any atom is -0.496 e. The summed E-state index contributed by atoms with van der Waals surface area (Å²) in [6.07, 6.45) is 4.12. The summed E-state index contributed by atoms with van der Waals surface area (Å²) in [6.45, 7) is 0.409. The van der Waals surface area contributed by atoms with Gasteiger partial charge in [0.1, 0.15) is 11.4 Å². The molecule has 3 rings (SSSR count). The van der Waals surface area contributed by atoms with Crippen LogP contribution in [0.5, 0.6) is 5.75 Å². The third-order valence-electron chi connectivity index (χ3n) is 3.58. The second-order valence-electron chi connectivity index (χ2n) is 5.35. The minimum absolute atomic E-state index is 0.191. The summed E-state index contributed by atoms with van der Waals surface area (Å²) < 4.78 is 5.27. The largest absolute Gasteiger partial charge is 0.496 e. The zero-order valence-electron chi connectivity index (χ0n) is 12.5. The average Bonchev–Trinajstić information content (AvgIpc) is 3.37. The van der Waals surface area contributed by atoms with E-state index in [1.165, 1.54) is 12.8 Å². The lowest BCUT2D eigenvalue weighted by atomic mass is 10.2. The van der Waals surface area contributed by atoms with Gasteiger partial charge in [-0.3, -0.25) is 4.79 Å². The van der Waals surface area contributed by atoms with Crippen molar-refractivity contribution in [2.45, 2.75) is 25.4 Å². The van der Waals surface area contributed by atoms with Crippen LogP contribution in [0.25, 0.3) is 0 Å². The summed E-state index contributed by atoms with van der Waals surface area (Å²) in [5, 5.41) is 6.20. The molecule has 0 radical (unpaired) electrons. The molecule has 1 amide bonds. The van der Waals surface area contributed by atoms with Gasteiger partial charge in [-0.15, -0.1) is 0 Å². The van der Waals surface area contributed by atoms with E-state index in [4.69, 9.17) is 4.74 Å². The highest BCUT2D eigenvalue weighted by atomic mass is 16.5. The maximum absolute atomic E-state index is 12.1. The summed E-state index contributed by atoms with van der Waals surface area (Å²) in [5.41, 5.74) is 2.31. The molecule has 1 heterocycles. The molecule has 1 aliphatic carbocycles. The highest BCUT2D eigenvalue weighted by Crippen LogP contribution is 2.24. The molecule has 2 N–H and O–H groups in total. The van der Waals surface area contributed by atoms with Gasteiger partial charge in [-0.25, -0.2) is 4.98 Å². The topological polar surface area (TPSA) is 63.2 Å². The molecule has 0 aliphatic heterocycles. The first kappa shape index (κ1) is 14.4. The van der Waals surface area contributed by atoms with Gasteiger partial charge < -0.3 is 15.4 Å². The van der Waals surface area contributed by atoms with E-state index >= 15 is 0 Å². The van der Waals surface area contributed by atoms with E-state index in [1.807, 2.05) is 30.3 Å². The molecule has 5 nitrogen and oxygen atoms in total. The first-order valence-corrected chi connectivity index (χ1v) is 7.39. The Hall–Kier alpha value is -2.56. The third-order valence-corrected chi connectivity index (χ3v) is 3.58. The molecular formula is C17H19N3O2. The minimum atomic E-state index is -0.191. The molecule has 0 bridgehead atoms. The Bertz CT molecular complexity index is 651. The second-order valence-corrected chi connectivity index (χ2v) is 5.35. The molecule has 5 heteroatoms. The number of ether oxygens (including phenoxy) is 1. The Balaban J connectivity index is 1.59. The maximum atomic E-state index is 12.1. The molecule has 0 atom stereocenters. The van der Waals surface area contributed by atoms with Gasteiger partial charge in [-0.1, -0.05) is 18.2 Å². The van der Waals surface area contributed by atoms with Crippen LogP contribution in [0.4, 0.5) is 5.69 Å². The molecule has 114 valence electrons. The number of hydrogen-bond donors (Lipinski definition) is 2. The number of rotatable bonds is 6. The van der Waals surface area contributed by atoms with Crippen molar-refractivity contribution in [3.63, 3.8) is 0 Å². The summed E-state index contributed by atoms with van der Waals surface area (Å²) >= 11 is 0. The van der Waals surface area contributed by atoms with Crippen LogP contribution in [0.1, 0.15) is 28.9 Å². The number of aromatic nitrogens is 1. The number of pyridine rings is 1. The number of nitrogens with zero attached hydrogens (tertiary/aromatic N) is 1. The van der Waals surface area contributed by atoms with Crippen LogP contribution >= 0.6 is 0 Å². The van der Waals surface area contributed by atoms with E-state index in [2.05, 4.69) is 15.6 Å². The zero-order valence-corrected chi connectivity index (χ0v) is 12.5. The van der Waals surface area contributed by atoms with Crippen LogP contribution in [-0.4, -0.2) is 24.0 Å².